The van der Waals surface area contributed by atoms with E-state index in [0.717, 1.165) is 5.57 Å². The van der Waals surface area contributed by atoms with Gasteiger partial charge in [-0.2, -0.15) is 5.26 Å². The summed E-state index contributed by atoms with van der Waals surface area (Å²) < 4.78 is 0. The molecule has 0 heterocycles. The van der Waals surface area contributed by atoms with Crippen molar-refractivity contribution in [3.8, 4) is 6.07 Å². The summed E-state index contributed by atoms with van der Waals surface area (Å²) in [7, 11) is 0. The molecule has 0 aromatic heterocycles. The van der Waals surface area contributed by atoms with Crippen molar-refractivity contribution >= 4 is 5.78 Å². The fourth-order valence-corrected chi connectivity index (χ4v) is 1.45. The number of Topliss-reactive ketones (excluding diaryl/α,β-unsaturated/α-hetero) is 1. The van der Waals surface area contributed by atoms with Crippen molar-refractivity contribution in [2.24, 2.45) is 11.8 Å². The third kappa shape index (κ3) is 2.92. The lowest BCUT2D eigenvalue weighted by Crippen LogP contribution is -2.12. The highest BCUT2D eigenvalue weighted by atomic mass is 16.1. The predicted octanol–water partition coefficient (Wildman–Crippen LogP) is 2.79. The molecule has 0 spiro atoms. The molecule has 15 heavy (non-hydrogen) atoms. The fraction of sp³-hybridized carbons (Fsp3) is 0.385. The molecule has 0 amide bonds. The normalized spacial score (nSPS) is 21.4. The van der Waals surface area contributed by atoms with Crippen molar-refractivity contribution in [2.45, 2.75) is 20.3 Å². The van der Waals surface area contributed by atoms with E-state index in [9.17, 15) is 4.79 Å². The van der Waals surface area contributed by atoms with Gasteiger partial charge in [-0.05, 0) is 11.5 Å². The minimum Gasteiger partial charge on any atom is -0.298 e. The van der Waals surface area contributed by atoms with E-state index in [1.54, 1.807) is 6.92 Å². The van der Waals surface area contributed by atoms with E-state index in [-0.39, 0.29) is 5.78 Å². The number of ketones is 1. The Bertz CT molecular complexity index is 368. The molecule has 0 saturated heterocycles. The summed E-state index contributed by atoms with van der Waals surface area (Å²) >= 11 is 0. The Labute approximate surface area is 90.6 Å². The van der Waals surface area contributed by atoms with Crippen molar-refractivity contribution in [1.29, 1.82) is 5.26 Å². The average molecular weight is 201 g/mol. The molecule has 0 radical (unpaired) electrons. The smallest absolute Gasteiger partial charge is 0.154 e. The first kappa shape index (κ1) is 11.5. The average Bonchev–Trinajstić information content (AvgIpc) is 2.45. The van der Waals surface area contributed by atoms with Crippen LogP contribution in [0.15, 0.2) is 36.0 Å². The first-order valence-electron chi connectivity index (χ1n) is 5.18. The Kier molecular flexibility index (Phi) is 4.05. The SMILES string of the molecule is CCC(=O)C(C#N)C1=CC=CC(C)C=C1. The van der Waals surface area contributed by atoms with Gasteiger partial charge in [0.05, 0.1) is 6.07 Å². The molecular weight excluding hydrogens is 186 g/mol. The van der Waals surface area contributed by atoms with Gasteiger partial charge in [-0.1, -0.05) is 44.2 Å². The topological polar surface area (TPSA) is 40.9 Å². The lowest BCUT2D eigenvalue weighted by molar-refractivity contribution is -0.120. The van der Waals surface area contributed by atoms with Crippen LogP contribution in [0.2, 0.25) is 0 Å². The lowest BCUT2D eigenvalue weighted by Gasteiger charge is -2.06. The predicted molar refractivity (Wildman–Crippen MR) is 59.9 cm³/mol. The third-order valence-electron chi connectivity index (χ3n) is 2.43. The maximum atomic E-state index is 11.5. The zero-order valence-electron chi connectivity index (χ0n) is 9.10. The van der Waals surface area contributed by atoms with Gasteiger partial charge in [-0.25, -0.2) is 0 Å². The number of allylic oxidation sites excluding steroid dienone is 6. The molecule has 0 aromatic rings. The van der Waals surface area contributed by atoms with Crippen LogP contribution in [0.25, 0.3) is 0 Å². The van der Waals surface area contributed by atoms with E-state index < -0.39 is 5.92 Å². The van der Waals surface area contributed by atoms with Crippen LogP contribution in [0.4, 0.5) is 0 Å². The number of nitriles is 1. The van der Waals surface area contributed by atoms with Crippen LogP contribution in [-0.4, -0.2) is 5.78 Å². The number of hydrogen-bond donors (Lipinski definition) is 0. The van der Waals surface area contributed by atoms with E-state index in [2.05, 4.69) is 13.0 Å². The van der Waals surface area contributed by atoms with E-state index in [1.807, 2.05) is 30.4 Å². The molecule has 78 valence electrons. The summed E-state index contributed by atoms with van der Waals surface area (Å²) in [5, 5.41) is 8.97. The molecule has 0 N–H and O–H groups in total. The van der Waals surface area contributed by atoms with Gasteiger partial charge in [0.1, 0.15) is 5.92 Å². The first-order valence-corrected chi connectivity index (χ1v) is 5.18. The molecule has 2 unspecified atom stereocenters. The van der Waals surface area contributed by atoms with Gasteiger partial charge in [0.25, 0.3) is 0 Å². The maximum absolute atomic E-state index is 11.5. The molecule has 2 nitrogen and oxygen atoms in total. The number of carbonyl (C=O) groups is 1. The van der Waals surface area contributed by atoms with Gasteiger partial charge < -0.3 is 0 Å². The fourth-order valence-electron chi connectivity index (χ4n) is 1.45. The number of carbonyl (C=O) groups excluding carboxylic acids is 1. The summed E-state index contributed by atoms with van der Waals surface area (Å²) in [6.45, 7) is 3.85. The second-order valence-electron chi connectivity index (χ2n) is 3.65. The monoisotopic (exact) mass is 201 g/mol. The van der Waals surface area contributed by atoms with Crippen LogP contribution in [-0.2, 0) is 4.79 Å². The number of nitrogens with zero attached hydrogens (tertiary/aromatic N) is 1. The van der Waals surface area contributed by atoms with E-state index in [0.29, 0.717) is 12.3 Å². The van der Waals surface area contributed by atoms with E-state index in [4.69, 9.17) is 5.26 Å². The molecule has 2 atom stereocenters. The highest BCUT2D eigenvalue weighted by molar-refractivity contribution is 5.86. The second kappa shape index (κ2) is 5.31. The molecule has 0 bridgehead atoms. The van der Waals surface area contributed by atoms with Gasteiger partial charge in [0.15, 0.2) is 5.78 Å². The standard InChI is InChI=1S/C13H15NO/c1-3-13(15)12(9-14)11-6-4-5-10(2)7-8-11/h4-8,10,12H,3H2,1-2H3. The van der Waals surface area contributed by atoms with E-state index in [1.165, 1.54) is 0 Å². The van der Waals surface area contributed by atoms with Crippen LogP contribution in [0, 0.1) is 23.2 Å². The van der Waals surface area contributed by atoms with Gasteiger partial charge in [0, 0.05) is 6.42 Å². The second-order valence-corrected chi connectivity index (χ2v) is 3.65. The molecule has 0 aromatic carbocycles. The van der Waals surface area contributed by atoms with Crippen LogP contribution >= 0.6 is 0 Å². The van der Waals surface area contributed by atoms with Crippen molar-refractivity contribution in [3.63, 3.8) is 0 Å². The summed E-state index contributed by atoms with van der Waals surface area (Å²) in [6.07, 6.45) is 10.1. The first-order chi connectivity index (χ1) is 7.19. The zero-order valence-corrected chi connectivity index (χ0v) is 9.10. The maximum Gasteiger partial charge on any atom is 0.154 e. The Morgan fingerprint density at radius 3 is 2.93 bits per heavy atom. The number of hydrogen-bond acceptors (Lipinski definition) is 2. The molecule has 1 aliphatic carbocycles. The molecule has 0 aliphatic heterocycles. The van der Waals surface area contributed by atoms with Crippen molar-refractivity contribution in [2.75, 3.05) is 0 Å². The Hall–Kier alpha value is -1.62. The minimum absolute atomic E-state index is 0.0173. The Morgan fingerprint density at radius 2 is 2.33 bits per heavy atom. The Balaban J connectivity index is 2.92. The van der Waals surface area contributed by atoms with Gasteiger partial charge >= 0.3 is 0 Å². The van der Waals surface area contributed by atoms with E-state index >= 15 is 0 Å². The van der Waals surface area contributed by atoms with Gasteiger partial charge in [-0.15, -0.1) is 0 Å². The molecule has 0 saturated carbocycles. The summed E-state index contributed by atoms with van der Waals surface area (Å²) in [6, 6.07) is 2.06. The molecule has 1 aliphatic rings. The highest BCUT2D eigenvalue weighted by Gasteiger charge is 2.19. The number of rotatable bonds is 3. The lowest BCUT2D eigenvalue weighted by atomic mass is 9.94. The van der Waals surface area contributed by atoms with Crippen LogP contribution in [0.1, 0.15) is 20.3 Å². The van der Waals surface area contributed by atoms with Crippen molar-refractivity contribution < 1.29 is 4.79 Å². The molecular formula is C13H15NO. The van der Waals surface area contributed by atoms with Crippen LogP contribution in [0.5, 0.6) is 0 Å². The third-order valence-corrected chi connectivity index (χ3v) is 2.43. The van der Waals surface area contributed by atoms with Gasteiger partial charge in [0.2, 0.25) is 0 Å². The highest BCUT2D eigenvalue weighted by Crippen LogP contribution is 2.18. The summed E-state index contributed by atoms with van der Waals surface area (Å²) in [4.78, 5) is 11.5. The Morgan fingerprint density at radius 1 is 1.60 bits per heavy atom. The van der Waals surface area contributed by atoms with Crippen LogP contribution < -0.4 is 0 Å². The largest absolute Gasteiger partial charge is 0.298 e. The van der Waals surface area contributed by atoms with Gasteiger partial charge in [-0.3, -0.25) is 4.79 Å². The molecule has 2 heteroatoms. The quantitative estimate of drug-likeness (QED) is 0.704. The summed E-state index contributed by atoms with van der Waals surface area (Å²) in [5.74, 6) is -0.271. The van der Waals surface area contributed by atoms with Crippen LogP contribution in [0.3, 0.4) is 0 Å². The minimum atomic E-state index is -0.610. The van der Waals surface area contributed by atoms with Crippen molar-refractivity contribution in [3.05, 3.63) is 36.0 Å². The zero-order chi connectivity index (χ0) is 11.3. The molecule has 0 fully saturated rings. The van der Waals surface area contributed by atoms with Crippen molar-refractivity contribution in [1.82, 2.24) is 0 Å². The summed E-state index contributed by atoms with van der Waals surface area (Å²) in [5.41, 5.74) is 0.796. The molecule has 1 rings (SSSR count).